The zero-order chi connectivity index (χ0) is 21.1. The maximum absolute atomic E-state index is 13.8. The number of nitrogens with one attached hydrogen (secondary N) is 1. The molecule has 1 heterocycles. The summed E-state index contributed by atoms with van der Waals surface area (Å²) < 4.78 is 40.1. The van der Waals surface area contributed by atoms with Gasteiger partial charge in [-0.1, -0.05) is 26.0 Å². The molecule has 0 radical (unpaired) electrons. The zero-order valence-corrected chi connectivity index (χ0v) is 16.3. The number of likely N-dealkylation sites (tertiary alicyclic amines) is 1. The lowest BCUT2D eigenvalue weighted by atomic mass is 10.00. The molecule has 0 aromatic heterocycles. The second-order valence-corrected chi connectivity index (χ2v) is 7.54. The summed E-state index contributed by atoms with van der Waals surface area (Å²) in [7, 11) is 0. The van der Waals surface area contributed by atoms with Gasteiger partial charge in [0.2, 0.25) is 0 Å². The molecule has 1 fully saturated rings. The standard InChI is InChI=1S/C22H23F3N2O2/c1-13(2)14-3-5-15(6-4-14)22(29)27-11-9-16(10-12-27)26-21(28)17-7-8-18(23)20(25)19(17)24/h3-8,13,16H,9-12H2,1-2H3,(H,26,28). The van der Waals surface area contributed by atoms with Gasteiger partial charge in [0.1, 0.15) is 0 Å². The first-order valence-corrected chi connectivity index (χ1v) is 9.61. The van der Waals surface area contributed by atoms with Crippen molar-refractivity contribution >= 4 is 11.8 Å². The summed E-state index contributed by atoms with van der Waals surface area (Å²) >= 11 is 0. The minimum absolute atomic E-state index is 0.0725. The van der Waals surface area contributed by atoms with E-state index in [1.807, 2.05) is 24.3 Å². The molecule has 4 nitrogen and oxygen atoms in total. The fourth-order valence-electron chi connectivity index (χ4n) is 3.38. The predicted octanol–water partition coefficient (Wildman–Crippen LogP) is 4.26. The largest absolute Gasteiger partial charge is 0.349 e. The summed E-state index contributed by atoms with van der Waals surface area (Å²) in [5.41, 5.74) is 1.24. The molecule has 1 saturated heterocycles. The Hall–Kier alpha value is -2.83. The number of halogens is 3. The van der Waals surface area contributed by atoms with Gasteiger partial charge in [0.05, 0.1) is 5.56 Å². The highest BCUT2D eigenvalue weighted by atomic mass is 19.2. The van der Waals surface area contributed by atoms with Gasteiger partial charge in [-0.3, -0.25) is 9.59 Å². The number of nitrogens with zero attached hydrogens (tertiary/aromatic N) is 1. The van der Waals surface area contributed by atoms with E-state index in [0.29, 0.717) is 37.4 Å². The Morgan fingerprint density at radius 1 is 0.966 bits per heavy atom. The topological polar surface area (TPSA) is 49.4 Å². The Bertz CT molecular complexity index is 905. The highest BCUT2D eigenvalue weighted by Gasteiger charge is 2.26. The molecule has 0 bridgehead atoms. The summed E-state index contributed by atoms with van der Waals surface area (Å²) in [5, 5.41) is 2.64. The Balaban J connectivity index is 1.57. The maximum atomic E-state index is 13.8. The van der Waals surface area contributed by atoms with Gasteiger partial charge < -0.3 is 10.2 Å². The van der Waals surface area contributed by atoms with Crippen LogP contribution in [0.4, 0.5) is 13.2 Å². The molecule has 1 N–H and O–H groups in total. The van der Waals surface area contributed by atoms with Gasteiger partial charge in [-0.25, -0.2) is 13.2 Å². The summed E-state index contributed by atoms with van der Waals surface area (Å²) in [6.07, 6.45) is 0.986. The fourth-order valence-corrected chi connectivity index (χ4v) is 3.38. The Labute approximate surface area is 167 Å². The number of amides is 2. The van der Waals surface area contributed by atoms with E-state index < -0.39 is 28.9 Å². The lowest BCUT2D eigenvalue weighted by Crippen LogP contribution is -2.46. The van der Waals surface area contributed by atoms with E-state index in [2.05, 4.69) is 19.2 Å². The molecule has 0 aliphatic carbocycles. The van der Waals surface area contributed by atoms with Crippen molar-refractivity contribution in [1.29, 1.82) is 0 Å². The van der Waals surface area contributed by atoms with Gasteiger partial charge >= 0.3 is 0 Å². The summed E-state index contributed by atoms with van der Waals surface area (Å²) in [5.74, 6) is -4.99. The van der Waals surface area contributed by atoms with E-state index in [-0.39, 0.29) is 11.9 Å². The van der Waals surface area contributed by atoms with Crippen LogP contribution in [0.2, 0.25) is 0 Å². The summed E-state index contributed by atoms with van der Waals surface area (Å²) in [6.45, 7) is 5.05. The van der Waals surface area contributed by atoms with Gasteiger partial charge in [-0.05, 0) is 48.6 Å². The van der Waals surface area contributed by atoms with Crippen LogP contribution in [0.15, 0.2) is 36.4 Å². The van der Waals surface area contributed by atoms with Gasteiger partial charge in [0.15, 0.2) is 17.5 Å². The van der Waals surface area contributed by atoms with Crippen LogP contribution in [0.3, 0.4) is 0 Å². The minimum atomic E-state index is -1.67. The van der Waals surface area contributed by atoms with E-state index in [1.54, 1.807) is 4.90 Å². The van der Waals surface area contributed by atoms with Crippen LogP contribution >= 0.6 is 0 Å². The van der Waals surface area contributed by atoms with Crippen molar-refractivity contribution in [3.63, 3.8) is 0 Å². The fraction of sp³-hybridized carbons (Fsp3) is 0.364. The van der Waals surface area contributed by atoms with E-state index in [9.17, 15) is 22.8 Å². The number of carbonyl (C=O) groups excluding carboxylic acids is 2. The van der Waals surface area contributed by atoms with Crippen molar-refractivity contribution in [1.82, 2.24) is 10.2 Å². The van der Waals surface area contributed by atoms with E-state index in [1.165, 1.54) is 0 Å². The van der Waals surface area contributed by atoms with E-state index >= 15 is 0 Å². The Morgan fingerprint density at radius 3 is 2.17 bits per heavy atom. The van der Waals surface area contributed by atoms with Crippen molar-refractivity contribution in [2.45, 2.75) is 38.6 Å². The average Bonchev–Trinajstić information content (AvgIpc) is 2.72. The van der Waals surface area contributed by atoms with Crippen molar-refractivity contribution in [3.8, 4) is 0 Å². The molecular formula is C22H23F3N2O2. The van der Waals surface area contributed by atoms with Crippen LogP contribution in [0.1, 0.15) is 58.9 Å². The normalized spacial score (nSPS) is 14.9. The van der Waals surface area contributed by atoms with Gasteiger partial charge in [0, 0.05) is 24.7 Å². The first kappa shape index (κ1) is 20.9. The van der Waals surface area contributed by atoms with Gasteiger partial charge in [-0.15, -0.1) is 0 Å². The zero-order valence-electron chi connectivity index (χ0n) is 16.3. The van der Waals surface area contributed by atoms with Gasteiger partial charge in [0.25, 0.3) is 11.8 Å². The summed E-state index contributed by atoms with van der Waals surface area (Å²) in [6, 6.07) is 8.89. The molecule has 0 atom stereocenters. The van der Waals surface area contributed by atoms with E-state index in [4.69, 9.17) is 0 Å². The molecular weight excluding hydrogens is 381 g/mol. The number of hydrogen-bond donors (Lipinski definition) is 1. The lowest BCUT2D eigenvalue weighted by molar-refractivity contribution is 0.0697. The molecule has 2 amide bonds. The second kappa shape index (κ2) is 8.68. The molecule has 1 aliphatic rings. The Morgan fingerprint density at radius 2 is 1.59 bits per heavy atom. The van der Waals surface area contributed by atoms with Crippen LogP contribution in [-0.2, 0) is 0 Å². The monoisotopic (exact) mass is 404 g/mol. The molecule has 7 heteroatoms. The number of carbonyl (C=O) groups is 2. The Kier molecular flexibility index (Phi) is 6.25. The van der Waals surface area contributed by atoms with Crippen LogP contribution in [0.5, 0.6) is 0 Å². The smallest absolute Gasteiger partial charge is 0.254 e. The van der Waals surface area contributed by atoms with Crippen LogP contribution in [-0.4, -0.2) is 35.8 Å². The third-order valence-corrected chi connectivity index (χ3v) is 5.22. The summed E-state index contributed by atoms with van der Waals surface area (Å²) in [4.78, 5) is 26.6. The minimum Gasteiger partial charge on any atom is -0.349 e. The van der Waals surface area contributed by atoms with Crippen molar-refractivity contribution in [2.75, 3.05) is 13.1 Å². The molecule has 0 unspecified atom stereocenters. The van der Waals surface area contributed by atoms with Crippen molar-refractivity contribution < 1.29 is 22.8 Å². The third-order valence-electron chi connectivity index (χ3n) is 5.22. The van der Waals surface area contributed by atoms with Crippen molar-refractivity contribution in [3.05, 3.63) is 70.5 Å². The quantitative estimate of drug-likeness (QED) is 0.774. The lowest BCUT2D eigenvalue weighted by Gasteiger charge is -2.32. The SMILES string of the molecule is CC(C)c1ccc(C(=O)N2CCC(NC(=O)c3ccc(F)c(F)c3F)CC2)cc1. The highest BCUT2D eigenvalue weighted by molar-refractivity contribution is 5.95. The number of hydrogen-bond acceptors (Lipinski definition) is 2. The molecule has 0 saturated carbocycles. The first-order valence-electron chi connectivity index (χ1n) is 9.61. The third kappa shape index (κ3) is 4.60. The molecule has 0 spiro atoms. The van der Waals surface area contributed by atoms with Crippen LogP contribution in [0.25, 0.3) is 0 Å². The average molecular weight is 404 g/mol. The first-order chi connectivity index (χ1) is 13.8. The van der Waals surface area contributed by atoms with Crippen LogP contribution in [0, 0.1) is 17.5 Å². The number of rotatable bonds is 4. The predicted molar refractivity (Wildman–Crippen MR) is 103 cm³/mol. The van der Waals surface area contributed by atoms with E-state index in [0.717, 1.165) is 17.7 Å². The highest BCUT2D eigenvalue weighted by Crippen LogP contribution is 2.19. The molecule has 1 aliphatic heterocycles. The number of piperidine rings is 1. The van der Waals surface area contributed by atoms with Crippen LogP contribution < -0.4 is 5.32 Å². The van der Waals surface area contributed by atoms with Gasteiger partial charge in [-0.2, -0.15) is 0 Å². The molecule has 3 rings (SSSR count). The molecule has 154 valence electrons. The maximum Gasteiger partial charge on any atom is 0.254 e. The molecule has 2 aromatic rings. The molecule has 2 aromatic carbocycles. The molecule has 29 heavy (non-hydrogen) atoms. The second-order valence-electron chi connectivity index (χ2n) is 7.54. The van der Waals surface area contributed by atoms with Crippen molar-refractivity contribution in [2.24, 2.45) is 0 Å². The number of benzene rings is 2.